The summed E-state index contributed by atoms with van der Waals surface area (Å²) in [7, 11) is 1.65. The molecule has 4 heteroatoms. The molecule has 0 radical (unpaired) electrons. The van der Waals surface area contributed by atoms with Crippen molar-refractivity contribution < 1.29 is 9.15 Å². The van der Waals surface area contributed by atoms with Gasteiger partial charge in [-0.2, -0.15) is 0 Å². The van der Waals surface area contributed by atoms with E-state index in [0.29, 0.717) is 5.55 Å². The fourth-order valence-electron chi connectivity index (χ4n) is 2.67. The van der Waals surface area contributed by atoms with E-state index in [1.165, 1.54) is 24.0 Å². The smallest absolute Gasteiger partial charge is 0.239 e. The summed E-state index contributed by atoms with van der Waals surface area (Å²) in [5, 5.41) is 4.93. The molecule has 1 aromatic heterocycles. The Morgan fingerprint density at radius 1 is 1.22 bits per heavy atom. The molecule has 0 atom stereocenters. The minimum Gasteiger partial charge on any atom is -0.497 e. The van der Waals surface area contributed by atoms with E-state index in [1.807, 2.05) is 12.1 Å². The maximum absolute atomic E-state index is 5.78. The Morgan fingerprint density at radius 2 is 2.00 bits per heavy atom. The number of aryl methyl sites for hydroxylation is 1. The molecule has 2 aromatic rings. The van der Waals surface area contributed by atoms with E-state index in [2.05, 4.69) is 11.2 Å². The first-order chi connectivity index (χ1) is 8.83. The predicted molar refractivity (Wildman–Crippen MR) is 69.2 cm³/mol. The summed E-state index contributed by atoms with van der Waals surface area (Å²) in [4.78, 5) is 0. The number of ether oxygens (including phenoxy) is 1. The highest BCUT2D eigenvalue weighted by molar-refractivity contribution is 5.82. The van der Waals surface area contributed by atoms with Crippen molar-refractivity contribution in [2.45, 2.75) is 25.7 Å². The van der Waals surface area contributed by atoms with Gasteiger partial charge in [-0.25, -0.2) is 0 Å². The minimum atomic E-state index is 0.561. The van der Waals surface area contributed by atoms with E-state index in [1.54, 1.807) is 7.11 Å². The number of nitrogens with zero attached hydrogens (tertiary/aromatic N) is 1. The van der Waals surface area contributed by atoms with Crippen LogP contribution >= 0.6 is 0 Å². The third-order valence-electron chi connectivity index (χ3n) is 3.56. The van der Waals surface area contributed by atoms with Gasteiger partial charge in [-0.05, 0) is 43.4 Å². The summed E-state index contributed by atoms with van der Waals surface area (Å²) in [6.45, 7) is 0. The van der Waals surface area contributed by atoms with Crippen molar-refractivity contribution in [3.05, 3.63) is 34.9 Å². The highest BCUT2D eigenvalue weighted by atomic mass is 16.5. The van der Waals surface area contributed by atoms with Crippen LogP contribution in [0.5, 0.6) is 5.75 Å². The lowest BCUT2D eigenvalue weighted by molar-refractivity contribution is 0.413. The topological polar surface area (TPSA) is 60.8 Å². The first-order valence-corrected chi connectivity index (χ1v) is 6.20. The van der Waals surface area contributed by atoms with Crippen LogP contribution in [0.25, 0.3) is 11.0 Å². The third kappa shape index (κ3) is 1.65. The number of nitrogens with two attached hydrogens (primary N) is 1. The van der Waals surface area contributed by atoms with Gasteiger partial charge in [0.1, 0.15) is 11.3 Å². The fourth-order valence-corrected chi connectivity index (χ4v) is 2.67. The van der Waals surface area contributed by atoms with E-state index in [-0.39, 0.29) is 0 Å². The van der Waals surface area contributed by atoms with Crippen LogP contribution in [0.2, 0.25) is 0 Å². The SMILES string of the molecule is COc1ccc2c3c(/c(=N/N)oc2c1)CCCC3. The van der Waals surface area contributed by atoms with Crippen LogP contribution in [-0.4, -0.2) is 7.11 Å². The van der Waals surface area contributed by atoms with E-state index < -0.39 is 0 Å². The van der Waals surface area contributed by atoms with Crippen LogP contribution in [-0.2, 0) is 12.8 Å². The lowest BCUT2D eigenvalue weighted by Gasteiger charge is -2.17. The molecule has 1 aliphatic carbocycles. The number of rotatable bonds is 1. The molecule has 0 amide bonds. The summed E-state index contributed by atoms with van der Waals surface area (Å²) in [6.07, 6.45) is 4.45. The third-order valence-corrected chi connectivity index (χ3v) is 3.56. The van der Waals surface area contributed by atoms with Crippen LogP contribution in [0.1, 0.15) is 24.0 Å². The molecule has 4 nitrogen and oxygen atoms in total. The molecule has 2 N–H and O–H groups in total. The van der Waals surface area contributed by atoms with Crippen molar-refractivity contribution in [2.75, 3.05) is 7.11 Å². The Hall–Kier alpha value is -1.97. The summed E-state index contributed by atoms with van der Waals surface area (Å²) in [5.74, 6) is 6.22. The van der Waals surface area contributed by atoms with Crippen LogP contribution < -0.4 is 16.1 Å². The standard InChI is InChI=1S/C14H16N2O2/c1-17-9-6-7-11-10-4-2-3-5-12(10)14(16-15)18-13(11)8-9/h6-8H,2-5,15H2,1H3/b16-14-. The van der Waals surface area contributed by atoms with Crippen LogP contribution in [0.3, 0.4) is 0 Å². The molecular formula is C14H16N2O2. The zero-order chi connectivity index (χ0) is 12.5. The van der Waals surface area contributed by atoms with E-state index in [4.69, 9.17) is 15.0 Å². The Bertz CT molecular complexity index is 659. The summed E-state index contributed by atoms with van der Waals surface area (Å²) in [5.41, 5.74) is 3.85. The zero-order valence-electron chi connectivity index (χ0n) is 10.4. The second-order valence-electron chi connectivity index (χ2n) is 4.56. The van der Waals surface area contributed by atoms with Gasteiger partial charge in [-0.1, -0.05) is 0 Å². The molecular weight excluding hydrogens is 228 g/mol. The number of benzene rings is 1. The molecule has 0 bridgehead atoms. The van der Waals surface area contributed by atoms with Gasteiger partial charge in [0.05, 0.1) is 7.11 Å². The van der Waals surface area contributed by atoms with E-state index >= 15 is 0 Å². The second-order valence-corrected chi connectivity index (χ2v) is 4.56. The minimum absolute atomic E-state index is 0.561. The fraction of sp³-hybridized carbons (Fsp3) is 0.357. The van der Waals surface area contributed by atoms with Gasteiger partial charge >= 0.3 is 0 Å². The van der Waals surface area contributed by atoms with Gasteiger partial charge in [0.25, 0.3) is 0 Å². The van der Waals surface area contributed by atoms with Crippen molar-refractivity contribution in [2.24, 2.45) is 10.9 Å². The quantitative estimate of drug-likeness (QED) is 0.617. The number of fused-ring (bicyclic) bond motifs is 3. The molecule has 0 fully saturated rings. The van der Waals surface area contributed by atoms with Gasteiger partial charge in [0, 0.05) is 17.0 Å². The van der Waals surface area contributed by atoms with Crippen LogP contribution in [0.4, 0.5) is 0 Å². The number of hydrogen-bond donors (Lipinski definition) is 1. The van der Waals surface area contributed by atoms with Gasteiger partial charge in [0.2, 0.25) is 5.55 Å². The van der Waals surface area contributed by atoms with E-state index in [0.717, 1.165) is 29.6 Å². The Kier molecular flexibility index (Phi) is 2.70. The first-order valence-electron chi connectivity index (χ1n) is 6.20. The van der Waals surface area contributed by atoms with Crippen LogP contribution in [0.15, 0.2) is 27.7 Å². The molecule has 1 aromatic carbocycles. The molecule has 18 heavy (non-hydrogen) atoms. The molecule has 0 unspecified atom stereocenters. The average Bonchev–Trinajstić information content (AvgIpc) is 2.45. The van der Waals surface area contributed by atoms with E-state index in [9.17, 15) is 0 Å². The lowest BCUT2D eigenvalue weighted by atomic mass is 9.90. The van der Waals surface area contributed by atoms with Gasteiger partial charge in [-0.3, -0.25) is 0 Å². The maximum atomic E-state index is 5.78. The summed E-state index contributed by atoms with van der Waals surface area (Å²) in [6, 6.07) is 5.91. The highest BCUT2D eigenvalue weighted by Gasteiger charge is 2.17. The molecule has 94 valence electrons. The molecule has 0 saturated carbocycles. The first kappa shape index (κ1) is 11.1. The summed E-state index contributed by atoms with van der Waals surface area (Å²) < 4.78 is 11.0. The lowest BCUT2D eigenvalue weighted by Crippen LogP contribution is -2.18. The monoisotopic (exact) mass is 244 g/mol. The van der Waals surface area contributed by atoms with Crippen molar-refractivity contribution >= 4 is 11.0 Å². The van der Waals surface area contributed by atoms with Crippen LogP contribution in [0, 0.1) is 0 Å². The van der Waals surface area contributed by atoms with Gasteiger partial charge < -0.3 is 15.0 Å². The molecule has 1 heterocycles. The average molecular weight is 244 g/mol. The predicted octanol–water partition coefficient (Wildman–Crippen LogP) is 2.09. The van der Waals surface area contributed by atoms with Gasteiger partial charge in [-0.15, -0.1) is 5.10 Å². The van der Waals surface area contributed by atoms with Crippen molar-refractivity contribution in [1.82, 2.24) is 0 Å². The Balaban J connectivity index is 2.37. The zero-order valence-corrected chi connectivity index (χ0v) is 10.4. The normalized spacial score (nSPS) is 15.7. The largest absolute Gasteiger partial charge is 0.497 e. The molecule has 0 saturated heterocycles. The molecule has 0 aliphatic heterocycles. The van der Waals surface area contributed by atoms with Crippen molar-refractivity contribution in [3.63, 3.8) is 0 Å². The van der Waals surface area contributed by atoms with Crippen molar-refractivity contribution in [1.29, 1.82) is 0 Å². The van der Waals surface area contributed by atoms with Gasteiger partial charge in [0.15, 0.2) is 0 Å². The Labute approximate surface area is 105 Å². The molecule has 1 aliphatic rings. The Morgan fingerprint density at radius 3 is 2.72 bits per heavy atom. The maximum Gasteiger partial charge on any atom is 0.239 e. The number of methoxy groups -OCH3 is 1. The number of hydrogen-bond acceptors (Lipinski definition) is 4. The molecule has 0 spiro atoms. The summed E-state index contributed by atoms with van der Waals surface area (Å²) >= 11 is 0. The second kappa shape index (κ2) is 4.37. The van der Waals surface area contributed by atoms with Crippen molar-refractivity contribution in [3.8, 4) is 5.75 Å². The molecule has 3 rings (SSSR count). The highest BCUT2D eigenvalue weighted by Crippen LogP contribution is 2.28.